The summed E-state index contributed by atoms with van der Waals surface area (Å²) in [5, 5.41) is 9.59. The van der Waals surface area contributed by atoms with Gasteiger partial charge in [-0.1, -0.05) is 25.7 Å². The lowest BCUT2D eigenvalue weighted by Gasteiger charge is -2.23. The second-order valence-corrected chi connectivity index (χ2v) is 3.55. The van der Waals surface area contributed by atoms with Gasteiger partial charge in [-0.2, -0.15) is 0 Å². The van der Waals surface area contributed by atoms with E-state index in [2.05, 4.69) is 0 Å². The molecule has 11 heavy (non-hydrogen) atoms. The lowest BCUT2D eigenvalue weighted by atomic mass is 9.89. The third-order valence-electron chi connectivity index (χ3n) is 2.67. The van der Waals surface area contributed by atoms with Crippen LogP contribution in [-0.4, -0.2) is 17.8 Å². The summed E-state index contributed by atoms with van der Waals surface area (Å²) in [5.41, 5.74) is 5.55. The summed E-state index contributed by atoms with van der Waals surface area (Å²) in [5.74, 6) is 0.371. The lowest BCUT2D eigenvalue weighted by molar-refractivity contribution is 0.0878. The standard InChI is InChI=1S/C9H19NO/c10-7-8-5-3-1-2-4-6-9(8)11/h8-9,11H,1-7,10H2/t8-,9-/m1/s1. The van der Waals surface area contributed by atoms with Crippen LogP contribution in [0.4, 0.5) is 0 Å². The van der Waals surface area contributed by atoms with Gasteiger partial charge in [0.2, 0.25) is 0 Å². The van der Waals surface area contributed by atoms with Crippen molar-refractivity contribution in [3.05, 3.63) is 0 Å². The highest BCUT2D eigenvalue weighted by molar-refractivity contribution is 4.72. The van der Waals surface area contributed by atoms with Crippen molar-refractivity contribution in [2.45, 2.75) is 44.6 Å². The zero-order valence-corrected chi connectivity index (χ0v) is 7.13. The first-order valence-electron chi connectivity index (χ1n) is 4.72. The Labute approximate surface area is 68.8 Å². The first-order valence-corrected chi connectivity index (χ1v) is 4.72. The third-order valence-corrected chi connectivity index (χ3v) is 2.67. The zero-order chi connectivity index (χ0) is 8.10. The van der Waals surface area contributed by atoms with Gasteiger partial charge >= 0.3 is 0 Å². The van der Waals surface area contributed by atoms with Crippen LogP contribution in [-0.2, 0) is 0 Å². The second-order valence-electron chi connectivity index (χ2n) is 3.55. The number of aliphatic hydroxyl groups is 1. The van der Waals surface area contributed by atoms with Crippen LogP contribution in [0.25, 0.3) is 0 Å². The average Bonchev–Trinajstić information content (AvgIpc) is 1.98. The number of nitrogens with two attached hydrogens (primary N) is 1. The van der Waals surface area contributed by atoms with E-state index in [0.29, 0.717) is 12.5 Å². The Morgan fingerprint density at radius 1 is 1.09 bits per heavy atom. The van der Waals surface area contributed by atoms with E-state index >= 15 is 0 Å². The topological polar surface area (TPSA) is 46.2 Å². The minimum absolute atomic E-state index is 0.125. The van der Waals surface area contributed by atoms with Crippen molar-refractivity contribution in [1.82, 2.24) is 0 Å². The monoisotopic (exact) mass is 157 g/mol. The fraction of sp³-hybridized carbons (Fsp3) is 1.00. The molecule has 0 aliphatic heterocycles. The molecule has 0 radical (unpaired) electrons. The van der Waals surface area contributed by atoms with Gasteiger partial charge in [-0.25, -0.2) is 0 Å². The van der Waals surface area contributed by atoms with Gasteiger partial charge in [0.1, 0.15) is 0 Å². The molecule has 0 aromatic carbocycles. The lowest BCUT2D eigenvalue weighted by Crippen LogP contribution is -2.28. The maximum Gasteiger partial charge on any atom is 0.0580 e. The highest BCUT2D eigenvalue weighted by Crippen LogP contribution is 2.21. The maximum atomic E-state index is 9.59. The van der Waals surface area contributed by atoms with Gasteiger partial charge in [0, 0.05) is 0 Å². The van der Waals surface area contributed by atoms with E-state index in [4.69, 9.17) is 5.73 Å². The largest absolute Gasteiger partial charge is 0.393 e. The number of aliphatic hydroxyl groups excluding tert-OH is 1. The minimum atomic E-state index is -0.125. The summed E-state index contributed by atoms with van der Waals surface area (Å²) in [4.78, 5) is 0. The van der Waals surface area contributed by atoms with E-state index in [1.54, 1.807) is 0 Å². The first kappa shape index (κ1) is 9.01. The molecule has 0 saturated heterocycles. The summed E-state index contributed by atoms with van der Waals surface area (Å²) in [6.45, 7) is 0.654. The van der Waals surface area contributed by atoms with Crippen LogP contribution in [0.5, 0.6) is 0 Å². The molecule has 2 atom stereocenters. The van der Waals surface area contributed by atoms with E-state index in [1.807, 2.05) is 0 Å². The van der Waals surface area contributed by atoms with Crippen molar-refractivity contribution in [2.75, 3.05) is 6.54 Å². The van der Waals surface area contributed by atoms with Gasteiger partial charge < -0.3 is 10.8 Å². The van der Waals surface area contributed by atoms with Crippen LogP contribution in [0.3, 0.4) is 0 Å². The van der Waals surface area contributed by atoms with Crippen molar-refractivity contribution < 1.29 is 5.11 Å². The van der Waals surface area contributed by atoms with Gasteiger partial charge in [0.05, 0.1) is 6.10 Å². The summed E-state index contributed by atoms with van der Waals surface area (Å²) < 4.78 is 0. The third kappa shape index (κ3) is 2.80. The van der Waals surface area contributed by atoms with Crippen LogP contribution >= 0.6 is 0 Å². The van der Waals surface area contributed by atoms with Crippen molar-refractivity contribution in [3.63, 3.8) is 0 Å². The molecule has 0 heterocycles. The van der Waals surface area contributed by atoms with Crippen LogP contribution in [0.2, 0.25) is 0 Å². The van der Waals surface area contributed by atoms with E-state index in [1.165, 1.54) is 25.7 Å². The highest BCUT2D eigenvalue weighted by atomic mass is 16.3. The molecule has 0 unspecified atom stereocenters. The van der Waals surface area contributed by atoms with Gasteiger partial charge in [0.15, 0.2) is 0 Å². The summed E-state index contributed by atoms with van der Waals surface area (Å²) in [6.07, 6.45) is 6.99. The highest BCUT2D eigenvalue weighted by Gasteiger charge is 2.18. The summed E-state index contributed by atoms with van der Waals surface area (Å²) >= 11 is 0. The van der Waals surface area contributed by atoms with Crippen LogP contribution in [0.1, 0.15) is 38.5 Å². The molecule has 1 saturated carbocycles. The molecule has 1 aliphatic rings. The predicted octanol–water partition coefficient (Wildman–Crippen LogP) is 1.28. The Bertz CT molecular complexity index is 106. The number of hydrogen-bond acceptors (Lipinski definition) is 2. The minimum Gasteiger partial charge on any atom is -0.393 e. The summed E-state index contributed by atoms with van der Waals surface area (Å²) in [7, 11) is 0. The van der Waals surface area contributed by atoms with E-state index < -0.39 is 0 Å². The Morgan fingerprint density at radius 2 is 1.73 bits per heavy atom. The van der Waals surface area contributed by atoms with Crippen molar-refractivity contribution in [3.8, 4) is 0 Å². The van der Waals surface area contributed by atoms with Gasteiger partial charge in [-0.15, -0.1) is 0 Å². The molecule has 3 N–H and O–H groups in total. The molecule has 1 rings (SSSR count). The molecule has 0 bridgehead atoms. The molecule has 0 aromatic rings. The molecule has 66 valence electrons. The number of hydrogen-bond donors (Lipinski definition) is 2. The Hall–Kier alpha value is -0.0800. The molecular weight excluding hydrogens is 138 g/mol. The van der Waals surface area contributed by atoms with Gasteiger partial charge in [-0.3, -0.25) is 0 Å². The van der Waals surface area contributed by atoms with Gasteiger partial charge in [0.25, 0.3) is 0 Å². The van der Waals surface area contributed by atoms with E-state index in [0.717, 1.165) is 12.8 Å². The Kier molecular flexibility index (Phi) is 3.87. The van der Waals surface area contributed by atoms with Gasteiger partial charge in [-0.05, 0) is 25.3 Å². The SMILES string of the molecule is NC[C@H]1CCCCCC[C@H]1O. The smallest absolute Gasteiger partial charge is 0.0580 e. The Balaban J connectivity index is 2.33. The van der Waals surface area contributed by atoms with E-state index in [9.17, 15) is 5.11 Å². The fourth-order valence-corrected chi connectivity index (χ4v) is 1.82. The van der Waals surface area contributed by atoms with Crippen LogP contribution in [0.15, 0.2) is 0 Å². The summed E-state index contributed by atoms with van der Waals surface area (Å²) in [6, 6.07) is 0. The molecule has 0 amide bonds. The molecular formula is C9H19NO. The maximum absolute atomic E-state index is 9.59. The molecule has 2 heteroatoms. The second kappa shape index (κ2) is 4.73. The van der Waals surface area contributed by atoms with Crippen molar-refractivity contribution in [1.29, 1.82) is 0 Å². The van der Waals surface area contributed by atoms with Crippen LogP contribution < -0.4 is 5.73 Å². The zero-order valence-electron chi connectivity index (χ0n) is 7.13. The number of rotatable bonds is 1. The predicted molar refractivity (Wildman–Crippen MR) is 46.3 cm³/mol. The molecule has 1 aliphatic carbocycles. The molecule has 2 nitrogen and oxygen atoms in total. The van der Waals surface area contributed by atoms with Crippen molar-refractivity contribution >= 4 is 0 Å². The van der Waals surface area contributed by atoms with Crippen LogP contribution in [0, 0.1) is 5.92 Å². The molecule has 0 spiro atoms. The fourth-order valence-electron chi connectivity index (χ4n) is 1.82. The van der Waals surface area contributed by atoms with Crippen molar-refractivity contribution in [2.24, 2.45) is 11.7 Å². The normalized spacial score (nSPS) is 34.4. The Morgan fingerprint density at radius 3 is 2.36 bits per heavy atom. The average molecular weight is 157 g/mol. The molecule has 1 fully saturated rings. The van der Waals surface area contributed by atoms with E-state index in [-0.39, 0.29) is 6.10 Å². The molecule has 0 aromatic heterocycles. The quantitative estimate of drug-likeness (QED) is 0.602. The first-order chi connectivity index (χ1) is 5.34.